The third-order valence-electron chi connectivity index (χ3n) is 0.952. The molecule has 0 fully saturated rings. The quantitative estimate of drug-likeness (QED) is 0.399. The van der Waals surface area contributed by atoms with Gasteiger partial charge in [-0.3, -0.25) is 0 Å². The van der Waals surface area contributed by atoms with E-state index in [-0.39, 0.29) is 34.1 Å². The van der Waals surface area contributed by atoms with Gasteiger partial charge in [-0.25, -0.2) is 12.8 Å². The van der Waals surface area contributed by atoms with Crippen LogP contribution in [0.25, 0.3) is 0 Å². The fourth-order valence-corrected chi connectivity index (χ4v) is 0.361. The molecule has 0 aromatic heterocycles. The van der Waals surface area contributed by atoms with Crippen molar-refractivity contribution in [3.05, 3.63) is 101 Å². The van der Waals surface area contributed by atoms with Crippen molar-refractivity contribution in [1.29, 1.82) is 0 Å². The molecule has 24 heavy (non-hydrogen) atoms. The number of rotatable bonds is 1. The van der Waals surface area contributed by atoms with E-state index in [4.69, 9.17) is 18.6 Å². The van der Waals surface area contributed by atoms with Crippen LogP contribution in [0.5, 0.6) is 0 Å². The van der Waals surface area contributed by atoms with Gasteiger partial charge in [-0.1, -0.05) is 0 Å². The van der Waals surface area contributed by atoms with Crippen molar-refractivity contribution in [2.75, 3.05) is 0 Å². The molecule has 0 aliphatic carbocycles. The molecule has 4 nitrogen and oxygen atoms in total. The van der Waals surface area contributed by atoms with E-state index in [0.29, 0.717) is 0 Å². The minimum absolute atomic E-state index is 0. The summed E-state index contributed by atoms with van der Waals surface area (Å²) in [6.07, 6.45) is 1.92. The van der Waals surface area contributed by atoms with Gasteiger partial charge < -0.3 is 74.5 Å². The second kappa shape index (κ2) is 81.2. The van der Waals surface area contributed by atoms with Crippen molar-refractivity contribution in [2.45, 2.75) is 12.8 Å². The van der Waals surface area contributed by atoms with E-state index in [9.17, 15) is 0 Å². The number of hydrogen-bond donors (Lipinski definition) is 0. The molecule has 0 atom stereocenters. The Balaban J connectivity index is -0.0000000292. The Morgan fingerprint density at radius 3 is 0.750 bits per heavy atom. The Morgan fingerprint density at radius 2 is 0.708 bits per heavy atom. The molecule has 0 spiro atoms. The first-order valence-corrected chi connectivity index (χ1v) is 4.97. The van der Waals surface area contributed by atoms with Gasteiger partial charge in [0, 0.05) is 34.1 Å². The van der Waals surface area contributed by atoms with Crippen LogP contribution in [-0.4, -0.2) is 0 Å². The van der Waals surface area contributed by atoms with Crippen LogP contribution in [0.4, 0.5) is 0 Å². The van der Waals surface area contributed by atoms with Crippen molar-refractivity contribution in [2.24, 2.45) is 0 Å². The molecule has 0 amide bonds. The summed E-state index contributed by atoms with van der Waals surface area (Å²) in [7, 11) is 0. The molecule has 0 unspecified atom stereocenters. The fraction of sp³-hybridized carbons (Fsp3) is 0.111. The maximum atomic E-state index is 7.50. The van der Waals surface area contributed by atoms with Gasteiger partial charge in [-0.2, -0.15) is 0 Å². The summed E-state index contributed by atoms with van der Waals surface area (Å²) in [5.41, 5.74) is 0. The van der Waals surface area contributed by atoms with Gasteiger partial charge >= 0.3 is 45.2 Å². The summed E-state index contributed by atoms with van der Waals surface area (Å²) in [6.45, 7) is 25.1. The third-order valence-corrected chi connectivity index (χ3v) is 0.952. The maximum Gasteiger partial charge on any atom is 0 e. The third kappa shape index (κ3) is 85.4. The molecule has 0 aliphatic rings. The first kappa shape index (κ1) is 43.4. The van der Waals surface area contributed by atoms with Crippen LogP contribution in [0, 0.1) is 89.0 Å². The first-order valence-electron chi connectivity index (χ1n) is 4.97. The predicted molar refractivity (Wildman–Crippen MR) is 70.4 cm³/mol. The SMILES string of the molecule is [C-]#[O+].[C-]#[O+].[C-]#[O+].[C-]#[O+].[CH2-]CC[CH2-].[Fe].[Fe].[c-]1[c-][c-][cH-][c-]1.[c-]1[c-][c-][cH-][c-]1. The van der Waals surface area contributed by atoms with Crippen molar-refractivity contribution >= 4 is 0 Å². The van der Waals surface area contributed by atoms with Crippen LogP contribution in [0.1, 0.15) is 12.8 Å². The van der Waals surface area contributed by atoms with Gasteiger partial charge in [-0.05, 0) is 0 Å². The molecular formula is C18H10Fe2O4-12. The Kier molecular flexibility index (Phi) is 147. The molecule has 0 N–H and O–H groups in total. The molecule has 0 saturated carbocycles. The Bertz CT molecular complexity index is 301. The van der Waals surface area contributed by atoms with Crippen molar-refractivity contribution < 1.29 is 52.7 Å². The van der Waals surface area contributed by atoms with Crippen LogP contribution < -0.4 is 0 Å². The summed E-state index contributed by atoms with van der Waals surface area (Å²) < 4.78 is 30.0. The molecule has 2 aromatic carbocycles. The van der Waals surface area contributed by atoms with E-state index in [0.717, 1.165) is 12.8 Å². The fourth-order valence-electron chi connectivity index (χ4n) is 0.361. The summed E-state index contributed by atoms with van der Waals surface area (Å²) in [5, 5.41) is 0. The largest absolute Gasteiger partial charge is 0.999 e. The van der Waals surface area contributed by atoms with Gasteiger partial charge in [-0.15, -0.1) is 0 Å². The molecule has 0 aliphatic heterocycles. The molecule has 2 aromatic rings. The second-order valence-corrected chi connectivity index (χ2v) is 2.07. The molecule has 0 radical (unpaired) electrons. The molecule has 6 heteroatoms. The van der Waals surface area contributed by atoms with Gasteiger partial charge in [0.05, 0.1) is 0 Å². The zero-order chi connectivity index (χ0) is 18.5. The van der Waals surface area contributed by atoms with Crippen LogP contribution >= 0.6 is 0 Å². The summed E-state index contributed by atoms with van der Waals surface area (Å²) in [5.74, 6) is 0. The maximum absolute atomic E-state index is 7.50. The smallest absolute Gasteiger partial charge is 0 e. The van der Waals surface area contributed by atoms with Crippen LogP contribution in [0.15, 0.2) is 12.1 Å². The second-order valence-electron chi connectivity index (χ2n) is 2.07. The summed E-state index contributed by atoms with van der Waals surface area (Å²) in [6, 6.07) is 24.0. The van der Waals surface area contributed by atoms with E-state index in [2.05, 4.69) is 89.0 Å². The van der Waals surface area contributed by atoms with E-state index in [1.54, 1.807) is 12.1 Å². The van der Waals surface area contributed by atoms with E-state index in [1.165, 1.54) is 0 Å². The van der Waals surface area contributed by atoms with E-state index < -0.39 is 0 Å². The average Bonchev–Trinajstić information content (AvgIpc) is 3.40. The Labute approximate surface area is 166 Å². The van der Waals surface area contributed by atoms with Crippen molar-refractivity contribution in [3.63, 3.8) is 0 Å². The average molecular weight is 402 g/mol. The Morgan fingerprint density at radius 1 is 0.542 bits per heavy atom. The summed E-state index contributed by atoms with van der Waals surface area (Å²) >= 11 is 0. The van der Waals surface area contributed by atoms with Crippen molar-refractivity contribution in [1.82, 2.24) is 0 Å². The van der Waals surface area contributed by atoms with Gasteiger partial charge in [0.2, 0.25) is 0 Å². The standard InChI is InChI=1S/2C5H.C4H8.4CO.2Fe/c2*1-2-4-5-3-1;1-3-4-2;4*1-2;;/h2*1H;1-4H2;;;;;;/q2*-5;-2;;;;;;. The minimum Gasteiger partial charge on any atom is -0.999 e. The van der Waals surface area contributed by atoms with Gasteiger partial charge in [0.15, 0.2) is 0 Å². The zero-order valence-electron chi connectivity index (χ0n) is 12.3. The predicted octanol–water partition coefficient (Wildman–Crippen LogP) is 2.49. The van der Waals surface area contributed by atoms with Crippen LogP contribution in [0.2, 0.25) is 0 Å². The monoisotopic (exact) mass is 402 g/mol. The van der Waals surface area contributed by atoms with Crippen LogP contribution in [-0.2, 0) is 52.7 Å². The normalized spacial score (nSPS) is 4.92. The molecule has 2 rings (SSSR count). The summed E-state index contributed by atoms with van der Waals surface area (Å²) in [4.78, 5) is 0. The topological polar surface area (TPSA) is 79.6 Å². The van der Waals surface area contributed by atoms with E-state index >= 15 is 0 Å². The molecular weight excluding hydrogens is 392 g/mol. The molecule has 0 heterocycles. The number of unbranched alkanes of at least 4 members (excludes halogenated alkanes) is 1. The van der Waals surface area contributed by atoms with Gasteiger partial charge in [0.1, 0.15) is 0 Å². The zero-order valence-corrected chi connectivity index (χ0v) is 14.5. The van der Waals surface area contributed by atoms with Crippen LogP contribution in [0.3, 0.4) is 0 Å². The van der Waals surface area contributed by atoms with E-state index in [1.807, 2.05) is 0 Å². The Hall–Kier alpha value is -1.30. The van der Waals surface area contributed by atoms with Gasteiger partial charge in [0.25, 0.3) is 0 Å². The molecule has 0 bridgehead atoms. The number of hydrogen-bond acceptors (Lipinski definition) is 0. The first-order chi connectivity index (χ1) is 10.9. The minimum atomic E-state index is 0. The van der Waals surface area contributed by atoms with Crippen molar-refractivity contribution in [3.8, 4) is 0 Å². The molecule has 134 valence electrons. The molecule has 0 saturated heterocycles.